The summed E-state index contributed by atoms with van der Waals surface area (Å²) in [6.07, 6.45) is 0. The fourth-order valence-electron chi connectivity index (χ4n) is 2.94. The molecular weight excluding hydrogens is 282 g/mol. The van der Waals surface area contributed by atoms with E-state index in [2.05, 4.69) is 68.1 Å². The molecule has 1 unspecified atom stereocenters. The van der Waals surface area contributed by atoms with Crippen LogP contribution in [0.3, 0.4) is 0 Å². The van der Waals surface area contributed by atoms with Gasteiger partial charge in [-0.2, -0.15) is 0 Å². The number of likely N-dealkylation sites (N-methyl/N-ethyl adjacent to an activating group) is 1. The van der Waals surface area contributed by atoms with Crippen LogP contribution in [0.25, 0.3) is 0 Å². The fraction of sp³-hybridized carbons (Fsp3) is 0.647. The number of benzene rings is 1. The lowest BCUT2D eigenvalue weighted by molar-refractivity contribution is 0.139. The average molecular weight is 310 g/mol. The van der Waals surface area contributed by atoms with Crippen LogP contribution in [-0.4, -0.2) is 43.7 Å². The summed E-state index contributed by atoms with van der Waals surface area (Å²) in [4.78, 5) is 4.86. The lowest BCUT2D eigenvalue weighted by Gasteiger charge is -2.46. The van der Waals surface area contributed by atoms with Crippen molar-refractivity contribution in [1.82, 2.24) is 10.2 Å². The lowest BCUT2D eigenvalue weighted by atomic mass is 9.99. The molecule has 0 radical (unpaired) electrons. The number of nitrogens with zero attached hydrogens (tertiary/aromatic N) is 2. The normalized spacial score (nSPS) is 20.6. The van der Waals surface area contributed by atoms with Crippen molar-refractivity contribution in [3.05, 3.63) is 28.8 Å². The molecule has 21 heavy (non-hydrogen) atoms. The van der Waals surface area contributed by atoms with Gasteiger partial charge in [-0.05, 0) is 52.1 Å². The zero-order valence-corrected chi connectivity index (χ0v) is 14.7. The highest BCUT2D eigenvalue weighted by atomic mass is 35.5. The van der Waals surface area contributed by atoms with Crippen molar-refractivity contribution in [1.29, 1.82) is 0 Å². The Hall–Kier alpha value is -0.770. The van der Waals surface area contributed by atoms with E-state index in [1.807, 2.05) is 0 Å². The molecule has 4 heteroatoms. The number of halogens is 1. The van der Waals surface area contributed by atoms with Crippen LogP contribution in [0, 0.1) is 0 Å². The van der Waals surface area contributed by atoms with Crippen LogP contribution in [0.1, 0.15) is 39.3 Å². The molecule has 1 saturated heterocycles. The van der Waals surface area contributed by atoms with Crippen molar-refractivity contribution in [3.63, 3.8) is 0 Å². The van der Waals surface area contributed by atoms with E-state index in [1.54, 1.807) is 0 Å². The summed E-state index contributed by atoms with van der Waals surface area (Å²) in [6.45, 7) is 13.0. The second-order valence-electron chi connectivity index (χ2n) is 6.64. The van der Waals surface area contributed by atoms with Gasteiger partial charge in [0.05, 0.1) is 0 Å². The third kappa shape index (κ3) is 3.71. The minimum Gasteiger partial charge on any atom is -0.368 e. The second-order valence-corrected chi connectivity index (χ2v) is 7.05. The van der Waals surface area contributed by atoms with Crippen LogP contribution in [0.2, 0.25) is 5.02 Å². The molecule has 0 amide bonds. The van der Waals surface area contributed by atoms with Gasteiger partial charge in [-0.25, -0.2) is 0 Å². The van der Waals surface area contributed by atoms with Gasteiger partial charge in [0.2, 0.25) is 0 Å². The van der Waals surface area contributed by atoms with Gasteiger partial charge >= 0.3 is 0 Å². The monoisotopic (exact) mass is 309 g/mol. The first-order valence-electron chi connectivity index (χ1n) is 7.84. The first-order valence-corrected chi connectivity index (χ1v) is 8.22. The van der Waals surface area contributed by atoms with Crippen LogP contribution in [0.15, 0.2) is 18.2 Å². The number of piperazine rings is 1. The number of hydrogen-bond donors (Lipinski definition) is 1. The first-order chi connectivity index (χ1) is 9.85. The predicted molar refractivity (Wildman–Crippen MR) is 92.5 cm³/mol. The molecule has 1 fully saturated rings. The van der Waals surface area contributed by atoms with Crippen molar-refractivity contribution in [3.8, 4) is 0 Å². The van der Waals surface area contributed by atoms with Gasteiger partial charge in [0.15, 0.2) is 0 Å². The standard InChI is InChI=1S/C17H28ClN3/c1-6-19-13(2)15-8-7-14(11-16(15)18)21-10-9-20(5)17(3,4)12-21/h7-8,11,13,19H,6,9-10,12H2,1-5H3. The Kier molecular flexibility index (Phi) is 5.18. The van der Waals surface area contributed by atoms with Crippen molar-refractivity contribution in [2.24, 2.45) is 0 Å². The zero-order chi connectivity index (χ0) is 15.6. The van der Waals surface area contributed by atoms with Gasteiger partial charge in [-0.1, -0.05) is 24.6 Å². The average Bonchev–Trinajstić information content (AvgIpc) is 2.41. The number of rotatable bonds is 4. The minimum absolute atomic E-state index is 0.195. The number of hydrogen-bond acceptors (Lipinski definition) is 3. The highest BCUT2D eigenvalue weighted by Gasteiger charge is 2.31. The van der Waals surface area contributed by atoms with Crippen molar-refractivity contribution < 1.29 is 0 Å². The molecule has 1 heterocycles. The lowest BCUT2D eigenvalue weighted by Crippen LogP contribution is -2.57. The topological polar surface area (TPSA) is 18.5 Å². The van der Waals surface area contributed by atoms with Crippen LogP contribution in [0.4, 0.5) is 5.69 Å². The van der Waals surface area contributed by atoms with Crippen LogP contribution in [0.5, 0.6) is 0 Å². The van der Waals surface area contributed by atoms with Gasteiger partial charge in [0.25, 0.3) is 0 Å². The Morgan fingerprint density at radius 1 is 1.33 bits per heavy atom. The Bertz CT molecular complexity index is 487. The highest BCUT2D eigenvalue weighted by molar-refractivity contribution is 6.31. The third-order valence-corrected chi connectivity index (χ3v) is 4.97. The minimum atomic E-state index is 0.195. The molecular formula is C17H28ClN3. The van der Waals surface area contributed by atoms with Gasteiger partial charge in [-0.3, -0.25) is 4.90 Å². The maximum Gasteiger partial charge on any atom is 0.0474 e. The summed E-state index contributed by atoms with van der Waals surface area (Å²) in [7, 11) is 2.20. The summed E-state index contributed by atoms with van der Waals surface area (Å²) in [5.74, 6) is 0. The molecule has 1 N–H and O–H groups in total. The molecule has 0 bridgehead atoms. The molecule has 1 aromatic carbocycles. The quantitative estimate of drug-likeness (QED) is 0.918. The summed E-state index contributed by atoms with van der Waals surface area (Å²) in [5.41, 5.74) is 2.60. The van der Waals surface area contributed by atoms with Crippen molar-refractivity contribution in [2.45, 2.75) is 39.3 Å². The molecule has 0 saturated carbocycles. The summed E-state index contributed by atoms with van der Waals surface area (Å²) in [6, 6.07) is 6.78. The number of nitrogens with one attached hydrogen (secondary N) is 1. The van der Waals surface area contributed by atoms with E-state index in [0.29, 0.717) is 6.04 Å². The molecule has 0 aromatic heterocycles. The van der Waals surface area contributed by atoms with Crippen LogP contribution < -0.4 is 10.2 Å². The Morgan fingerprint density at radius 2 is 2.05 bits per heavy atom. The molecule has 2 rings (SSSR count). The van der Waals surface area contributed by atoms with E-state index in [1.165, 1.54) is 11.3 Å². The summed E-state index contributed by atoms with van der Waals surface area (Å²) in [5, 5.41) is 4.27. The molecule has 1 aliphatic heterocycles. The van der Waals surface area contributed by atoms with Crippen LogP contribution >= 0.6 is 11.6 Å². The molecule has 118 valence electrons. The molecule has 1 aliphatic rings. The highest BCUT2D eigenvalue weighted by Crippen LogP contribution is 2.30. The van der Waals surface area contributed by atoms with E-state index < -0.39 is 0 Å². The van der Waals surface area contributed by atoms with Crippen molar-refractivity contribution in [2.75, 3.05) is 38.1 Å². The van der Waals surface area contributed by atoms with Gasteiger partial charge in [0, 0.05) is 41.9 Å². The maximum atomic E-state index is 6.50. The van der Waals surface area contributed by atoms with E-state index in [0.717, 1.165) is 31.2 Å². The third-order valence-electron chi connectivity index (χ3n) is 4.64. The van der Waals surface area contributed by atoms with E-state index in [9.17, 15) is 0 Å². The van der Waals surface area contributed by atoms with E-state index in [4.69, 9.17) is 11.6 Å². The Labute approximate surface area is 134 Å². The van der Waals surface area contributed by atoms with Gasteiger partial charge in [-0.15, -0.1) is 0 Å². The predicted octanol–water partition coefficient (Wildman–Crippen LogP) is 3.54. The van der Waals surface area contributed by atoms with Gasteiger partial charge < -0.3 is 10.2 Å². The SMILES string of the molecule is CCNC(C)c1ccc(N2CCN(C)C(C)(C)C2)cc1Cl. The Balaban J connectivity index is 2.17. The molecule has 1 aromatic rings. The first kappa shape index (κ1) is 16.6. The zero-order valence-electron chi connectivity index (χ0n) is 13.9. The maximum absolute atomic E-state index is 6.50. The van der Waals surface area contributed by atoms with Gasteiger partial charge in [0.1, 0.15) is 0 Å². The largest absolute Gasteiger partial charge is 0.368 e. The molecule has 1 atom stereocenters. The van der Waals surface area contributed by atoms with Crippen LogP contribution in [-0.2, 0) is 0 Å². The second kappa shape index (κ2) is 6.55. The number of anilines is 1. The fourth-order valence-corrected chi connectivity index (χ4v) is 3.28. The van der Waals surface area contributed by atoms with Crippen molar-refractivity contribution >= 4 is 17.3 Å². The smallest absolute Gasteiger partial charge is 0.0474 e. The summed E-state index contributed by atoms with van der Waals surface area (Å²) >= 11 is 6.50. The molecule has 0 aliphatic carbocycles. The molecule has 0 spiro atoms. The summed E-state index contributed by atoms with van der Waals surface area (Å²) < 4.78 is 0. The Morgan fingerprint density at radius 3 is 2.62 bits per heavy atom. The molecule has 3 nitrogen and oxygen atoms in total. The van der Waals surface area contributed by atoms with E-state index >= 15 is 0 Å². The van der Waals surface area contributed by atoms with E-state index in [-0.39, 0.29) is 5.54 Å².